The van der Waals surface area contributed by atoms with Crippen LogP contribution in [0.4, 0.5) is 8.78 Å². The molecule has 0 aromatic carbocycles. The van der Waals surface area contributed by atoms with E-state index in [1.54, 1.807) is 12.1 Å². The fourth-order valence-corrected chi connectivity index (χ4v) is 1.73. The van der Waals surface area contributed by atoms with Crippen molar-refractivity contribution in [2.45, 2.75) is 18.4 Å². The highest BCUT2D eigenvalue weighted by atomic mass is 35.5. The SMILES string of the molecule is FC1(F)CC1n1ncc2ccc(Cl)nc21. The molecule has 3 nitrogen and oxygen atoms in total. The maximum absolute atomic E-state index is 12.9. The van der Waals surface area contributed by atoms with E-state index in [0.717, 1.165) is 5.39 Å². The third kappa shape index (κ3) is 1.30. The Bertz CT molecular complexity index is 537. The molecular formula is C9H6ClF2N3. The number of rotatable bonds is 1. The predicted molar refractivity (Wildman–Crippen MR) is 51.1 cm³/mol. The Balaban J connectivity index is 2.16. The molecule has 78 valence electrons. The molecule has 15 heavy (non-hydrogen) atoms. The Labute approximate surface area is 88.7 Å². The summed E-state index contributed by atoms with van der Waals surface area (Å²) in [5.74, 6) is -2.65. The number of aromatic nitrogens is 3. The molecule has 2 aromatic rings. The van der Waals surface area contributed by atoms with Gasteiger partial charge in [-0.05, 0) is 12.1 Å². The van der Waals surface area contributed by atoms with E-state index in [4.69, 9.17) is 11.6 Å². The van der Waals surface area contributed by atoms with Gasteiger partial charge in [0.05, 0.1) is 6.20 Å². The first-order valence-corrected chi connectivity index (χ1v) is 4.83. The third-order valence-electron chi connectivity index (χ3n) is 2.50. The first-order valence-electron chi connectivity index (χ1n) is 4.45. The minimum absolute atomic E-state index is 0.169. The van der Waals surface area contributed by atoms with Crippen molar-refractivity contribution in [2.75, 3.05) is 0 Å². The lowest BCUT2D eigenvalue weighted by molar-refractivity contribution is 0.0991. The normalized spacial score (nSPS) is 23.3. The Hall–Kier alpha value is -1.23. The number of fused-ring (bicyclic) bond motifs is 1. The van der Waals surface area contributed by atoms with Gasteiger partial charge in [-0.3, -0.25) is 0 Å². The van der Waals surface area contributed by atoms with Gasteiger partial charge in [0.2, 0.25) is 0 Å². The first kappa shape index (κ1) is 9.03. The maximum Gasteiger partial charge on any atom is 0.272 e. The Morgan fingerprint density at radius 2 is 2.20 bits per heavy atom. The monoisotopic (exact) mass is 229 g/mol. The molecule has 0 amide bonds. The van der Waals surface area contributed by atoms with Crippen LogP contribution in [0.25, 0.3) is 11.0 Å². The number of alkyl halides is 2. The van der Waals surface area contributed by atoms with Crippen LogP contribution < -0.4 is 0 Å². The van der Waals surface area contributed by atoms with Crippen molar-refractivity contribution in [1.82, 2.24) is 14.8 Å². The van der Waals surface area contributed by atoms with Gasteiger partial charge in [0, 0.05) is 11.8 Å². The summed E-state index contributed by atoms with van der Waals surface area (Å²) >= 11 is 5.70. The van der Waals surface area contributed by atoms with Crippen LogP contribution in [-0.4, -0.2) is 20.7 Å². The van der Waals surface area contributed by atoms with E-state index < -0.39 is 12.0 Å². The highest BCUT2D eigenvalue weighted by molar-refractivity contribution is 6.29. The Morgan fingerprint density at radius 3 is 2.87 bits per heavy atom. The topological polar surface area (TPSA) is 30.7 Å². The molecule has 0 bridgehead atoms. The van der Waals surface area contributed by atoms with Gasteiger partial charge in [-0.1, -0.05) is 11.6 Å². The number of hydrogen-bond acceptors (Lipinski definition) is 2. The average molecular weight is 230 g/mol. The number of nitrogens with zero attached hydrogens (tertiary/aromatic N) is 3. The Kier molecular flexibility index (Phi) is 1.60. The first-order chi connectivity index (χ1) is 7.08. The largest absolute Gasteiger partial charge is 0.272 e. The zero-order chi connectivity index (χ0) is 10.6. The van der Waals surface area contributed by atoms with Crippen molar-refractivity contribution in [3.8, 4) is 0 Å². The molecule has 3 rings (SSSR count). The van der Waals surface area contributed by atoms with Gasteiger partial charge in [0.25, 0.3) is 5.92 Å². The lowest BCUT2D eigenvalue weighted by Crippen LogP contribution is -2.04. The molecule has 0 aliphatic heterocycles. The van der Waals surface area contributed by atoms with Crippen LogP contribution in [0.2, 0.25) is 5.15 Å². The summed E-state index contributed by atoms with van der Waals surface area (Å²) in [6.07, 6.45) is 1.35. The lowest BCUT2D eigenvalue weighted by atomic mass is 10.4. The summed E-state index contributed by atoms with van der Waals surface area (Å²) < 4.78 is 27.0. The van der Waals surface area contributed by atoms with E-state index in [0.29, 0.717) is 5.65 Å². The zero-order valence-electron chi connectivity index (χ0n) is 7.49. The standard InChI is InChI=1S/C9H6ClF2N3/c10-7-2-1-5-4-13-15(8(5)14-7)6-3-9(6,11)12/h1-2,4,6H,3H2. The highest BCUT2D eigenvalue weighted by Gasteiger charge is 2.59. The summed E-state index contributed by atoms with van der Waals surface area (Å²) in [5.41, 5.74) is 0.421. The van der Waals surface area contributed by atoms with Crippen LogP contribution in [0, 0.1) is 0 Å². The van der Waals surface area contributed by atoms with Crippen LogP contribution in [0.15, 0.2) is 18.3 Å². The van der Waals surface area contributed by atoms with Gasteiger partial charge in [0.15, 0.2) is 5.65 Å². The average Bonchev–Trinajstić information content (AvgIpc) is 2.64. The molecule has 1 saturated carbocycles. The highest BCUT2D eigenvalue weighted by Crippen LogP contribution is 2.52. The lowest BCUT2D eigenvalue weighted by Gasteiger charge is -2.00. The molecule has 0 N–H and O–H groups in total. The van der Waals surface area contributed by atoms with Crippen molar-refractivity contribution in [1.29, 1.82) is 0 Å². The van der Waals surface area contributed by atoms with Crippen LogP contribution in [0.3, 0.4) is 0 Å². The molecule has 1 aliphatic carbocycles. The minimum Gasteiger partial charge on any atom is -0.238 e. The minimum atomic E-state index is -2.65. The quantitative estimate of drug-likeness (QED) is 0.704. The van der Waals surface area contributed by atoms with Crippen LogP contribution in [0.5, 0.6) is 0 Å². The van der Waals surface area contributed by atoms with Gasteiger partial charge in [-0.2, -0.15) is 5.10 Å². The molecule has 0 spiro atoms. The summed E-state index contributed by atoms with van der Waals surface area (Å²) in [6, 6.07) is 2.47. The molecule has 2 aromatic heterocycles. The van der Waals surface area contributed by atoms with Gasteiger partial charge in [-0.15, -0.1) is 0 Å². The smallest absolute Gasteiger partial charge is 0.238 e. The third-order valence-corrected chi connectivity index (χ3v) is 2.71. The van der Waals surface area contributed by atoms with E-state index in [1.807, 2.05) is 0 Å². The molecule has 0 saturated heterocycles. The molecule has 6 heteroatoms. The van der Waals surface area contributed by atoms with Crippen LogP contribution in [-0.2, 0) is 0 Å². The van der Waals surface area contributed by atoms with E-state index >= 15 is 0 Å². The van der Waals surface area contributed by atoms with Crippen molar-refractivity contribution in [3.05, 3.63) is 23.5 Å². The Morgan fingerprint density at radius 1 is 1.47 bits per heavy atom. The van der Waals surface area contributed by atoms with Gasteiger partial charge < -0.3 is 0 Å². The summed E-state index contributed by atoms with van der Waals surface area (Å²) in [6.45, 7) is 0. The maximum atomic E-state index is 12.9. The molecule has 1 unspecified atom stereocenters. The van der Waals surface area contributed by atoms with Crippen molar-refractivity contribution < 1.29 is 8.78 Å². The van der Waals surface area contributed by atoms with E-state index in [-0.39, 0.29) is 11.6 Å². The second kappa shape index (κ2) is 2.66. The molecule has 1 fully saturated rings. The fourth-order valence-electron chi connectivity index (χ4n) is 1.59. The summed E-state index contributed by atoms with van der Waals surface area (Å²) in [7, 11) is 0. The second-order valence-corrected chi connectivity index (χ2v) is 4.00. The summed E-state index contributed by atoms with van der Waals surface area (Å²) in [5, 5.41) is 4.92. The van der Waals surface area contributed by atoms with E-state index in [1.165, 1.54) is 10.9 Å². The number of pyridine rings is 1. The molecule has 1 aliphatic rings. The van der Waals surface area contributed by atoms with Crippen LogP contribution >= 0.6 is 11.6 Å². The molecule has 0 radical (unpaired) electrons. The van der Waals surface area contributed by atoms with E-state index in [9.17, 15) is 8.78 Å². The van der Waals surface area contributed by atoms with Gasteiger partial charge in [0.1, 0.15) is 11.2 Å². The zero-order valence-corrected chi connectivity index (χ0v) is 8.25. The molecule has 2 heterocycles. The van der Waals surface area contributed by atoms with E-state index in [2.05, 4.69) is 10.1 Å². The second-order valence-electron chi connectivity index (χ2n) is 3.62. The van der Waals surface area contributed by atoms with Gasteiger partial charge in [-0.25, -0.2) is 18.4 Å². The fraction of sp³-hybridized carbons (Fsp3) is 0.333. The van der Waals surface area contributed by atoms with Crippen molar-refractivity contribution in [2.24, 2.45) is 0 Å². The summed E-state index contributed by atoms with van der Waals surface area (Å²) in [4.78, 5) is 3.99. The number of hydrogen-bond donors (Lipinski definition) is 0. The molecular weight excluding hydrogens is 224 g/mol. The predicted octanol–water partition coefficient (Wildman–Crippen LogP) is 2.66. The molecule has 1 atom stereocenters. The van der Waals surface area contributed by atoms with Crippen LogP contribution in [0.1, 0.15) is 12.5 Å². The van der Waals surface area contributed by atoms with Gasteiger partial charge >= 0.3 is 0 Å². The van der Waals surface area contributed by atoms with Crippen molar-refractivity contribution in [3.63, 3.8) is 0 Å². The number of halogens is 3. The van der Waals surface area contributed by atoms with Crippen molar-refractivity contribution >= 4 is 22.6 Å².